The summed E-state index contributed by atoms with van der Waals surface area (Å²) in [7, 11) is 0. The predicted molar refractivity (Wildman–Crippen MR) is 114 cm³/mol. The number of anilines is 2. The highest BCUT2D eigenvalue weighted by Crippen LogP contribution is 2.25. The van der Waals surface area contributed by atoms with Gasteiger partial charge in [0.1, 0.15) is 11.4 Å². The SMILES string of the molecule is CC.CSc1ncc(C(=O)NC(C)C)c(Nc2ccnc(C(C)(C)C)c2)n1. The lowest BCUT2D eigenvalue weighted by Crippen LogP contribution is -2.31. The Morgan fingerprint density at radius 2 is 1.85 bits per heavy atom. The van der Waals surface area contributed by atoms with Gasteiger partial charge < -0.3 is 10.6 Å². The molecule has 7 heteroatoms. The highest BCUT2D eigenvalue weighted by Gasteiger charge is 2.18. The first-order chi connectivity index (χ1) is 12.7. The van der Waals surface area contributed by atoms with Crippen molar-refractivity contribution in [3.8, 4) is 0 Å². The lowest BCUT2D eigenvalue weighted by atomic mass is 9.91. The Kier molecular flexibility index (Phi) is 8.69. The van der Waals surface area contributed by atoms with Crippen molar-refractivity contribution in [2.45, 2.75) is 65.1 Å². The Hall–Kier alpha value is -2.15. The summed E-state index contributed by atoms with van der Waals surface area (Å²) in [4.78, 5) is 25.6. The van der Waals surface area contributed by atoms with Crippen LogP contribution in [0.4, 0.5) is 11.5 Å². The molecule has 0 aliphatic heterocycles. The zero-order valence-corrected chi connectivity index (χ0v) is 18.4. The topological polar surface area (TPSA) is 79.8 Å². The average Bonchev–Trinajstić information content (AvgIpc) is 2.62. The van der Waals surface area contributed by atoms with E-state index in [-0.39, 0.29) is 17.4 Å². The molecule has 0 saturated carbocycles. The fourth-order valence-corrected chi connectivity index (χ4v) is 2.46. The average molecular weight is 390 g/mol. The Bertz CT molecular complexity index is 756. The van der Waals surface area contributed by atoms with Crippen LogP contribution < -0.4 is 10.6 Å². The molecule has 2 N–H and O–H groups in total. The van der Waals surface area contributed by atoms with Gasteiger partial charge in [0.05, 0.1) is 0 Å². The maximum atomic E-state index is 12.4. The number of amides is 1. The normalized spacial score (nSPS) is 10.9. The van der Waals surface area contributed by atoms with E-state index in [0.29, 0.717) is 16.5 Å². The number of hydrogen-bond acceptors (Lipinski definition) is 6. The van der Waals surface area contributed by atoms with Crippen LogP contribution in [-0.4, -0.2) is 33.2 Å². The van der Waals surface area contributed by atoms with E-state index in [1.807, 2.05) is 46.1 Å². The van der Waals surface area contributed by atoms with Gasteiger partial charge in [0.15, 0.2) is 5.16 Å². The lowest BCUT2D eigenvalue weighted by molar-refractivity contribution is 0.0943. The van der Waals surface area contributed by atoms with E-state index >= 15 is 0 Å². The van der Waals surface area contributed by atoms with Gasteiger partial charge in [-0.25, -0.2) is 9.97 Å². The van der Waals surface area contributed by atoms with Gasteiger partial charge in [0, 0.05) is 35.2 Å². The van der Waals surface area contributed by atoms with E-state index in [4.69, 9.17) is 0 Å². The smallest absolute Gasteiger partial charge is 0.256 e. The summed E-state index contributed by atoms with van der Waals surface area (Å²) in [5.41, 5.74) is 2.15. The number of nitrogens with zero attached hydrogens (tertiary/aromatic N) is 3. The van der Waals surface area contributed by atoms with Crippen molar-refractivity contribution >= 4 is 29.2 Å². The molecule has 2 aromatic rings. The van der Waals surface area contributed by atoms with Crippen LogP contribution >= 0.6 is 11.8 Å². The van der Waals surface area contributed by atoms with Crippen LogP contribution in [0.2, 0.25) is 0 Å². The van der Waals surface area contributed by atoms with Gasteiger partial charge in [0.25, 0.3) is 5.91 Å². The standard InChI is InChI=1S/C18H25N5OS.C2H6/c1-11(2)21-16(24)13-10-20-17(25-6)23-15(13)22-12-7-8-19-14(9-12)18(3,4)5;1-2/h7-11H,1-6H3,(H,21,24)(H,19,20,22,23);1-2H3. The monoisotopic (exact) mass is 389 g/mol. The van der Waals surface area contributed by atoms with Crippen molar-refractivity contribution < 1.29 is 4.79 Å². The van der Waals surface area contributed by atoms with Gasteiger partial charge in [-0.05, 0) is 32.2 Å². The molecule has 0 aliphatic carbocycles. The Labute approximate surface area is 167 Å². The number of rotatable bonds is 5. The third-order valence-electron chi connectivity index (χ3n) is 3.40. The number of pyridine rings is 1. The number of carbonyl (C=O) groups excluding carboxylic acids is 1. The van der Waals surface area contributed by atoms with Gasteiger partial charge in [-0.2, -0.15) is 0 Å². The van der Waals surface area contributed by atoms with Crippen molar-refractivity contribution in [3.63, 3.8) is 0 Å². The van der Waals surface area contributed by atoms with Crippen molar-refractivity contribution in [2.75, 3.05) is 11.6 Å². The molecule has 2 heterocycles. The minimum atomic E-state index is -0.199. The molecule has 0 fully saturated rings. The van der Waals surface area contributed by atoms with Crippen LogP contribution in [0.25, 0.3) is 0 Å². The van der Waals surface area contributed by atoms with E-state index in [1.165, 1.54) is 11.8 Å². The van der Waals surface area contributed by atoms with Crippen LogP contribution in [-0.2, 0) is 5.41 Å². The van der Waals surface area contributed by atoms with Crippen molar-refractivity contribution in [1.82, 2.24) is 20.3 Å². The summed E-state index contributed by atoms with van der Waals surface area (Å²) in [6.07, 6.45) is 5.22. The molecular weight excluding hydrogens is 358 g/mol. The van der Waals surface area contributed by atoms with Crippen LogP contribution in [0.3, 0.4) is 0 Å². The van der Waals surface area contributed by atoms with Gasteiger partial charge in [0.2, 0.25) is 0 Å². The molecule has 0 radical (unpaired) electrons. The van der Waals surface area contributed by atoms with Crippen molar-refractivity contribution in [1.29, 1.82) is 0 Å². The molecule has 0 atom stereocenters. The predicted octanol–water partition coefficient (Wildman–Crippen LogP) is 4.80. The van der Waals surface area contributed by atoms with Crippen LogP contribution in [0.1, 0.15) is 64.5 Å². The number of aromatic nitrogens is 3. The summed E-state index contributed by atoms with van der Waals surface area (Å²) < 4.78 is 0. The summed E-state index contributed by atoms with van der Waals surface area (Å²) in [6, 6.07) is 3.87. The highest BCUT2D eigenvalue weighted by atomic mass is 32.2. The molecular formula is C20H31N5OS. The first kappa shape index (κ1) is 22.9. The zero-order valence-electron chi connectivity index (χ0n) is 17.5. The minimum Gasteiger partial charge on any atom is -0.350 e. The van der Waals surface area contributed by atoms with Crippen molar-refractivity contribution in [2.24, 2.45) is 0 Å². The lowest BCUT2D eigenvalue weighted by Gasteiger charge is -2.19. The fourth-order valence-electron chi connectivity index (χ4n) is 2.12. The molecule has 148 valence electrons. The van der Waals surface area contributed by atoms with Crippen LogP contribution in [0, 0.1) is 0 Å². The van der Waals surface area contributed by atoms with E-state index < -0.39 is 0 Å². The molecule has 6 nitrogen and oxygen atoms in total. The Morgan fingerprint density at radius 3 is 2.41 bits per heavy atom. The van der Waals surface area contributed by atoms with Gasteiger partial charge in [-0.1, -0.05) is 46.4 Å². The Balaban J connectivity index is 0.00000176. The van der Waals surface area contributed by atoms with E-state index in [0.717, 1.165) is 11.4 Å². The molecule has 2 rings (SSSR count). The molecule has 0 bridgehead atoms. The van der Waals surface area contributed by atoms with E-state index in [9.17, 15) is 4.79 Å². The number of hydrogen-bond donors (Lipinski definition) is 2. The molecule has 2 aromatic heterocycles. The first-order valence-electron chi connectivity index (χ1n) is 9.16. The third-order valence-corrected chi connectivity index (χ3v) is 3.97. The van der Waals surface area contributed by atoms with Crippen molar-refractivity contribution in [3.05, 3.63) is 35.8 Å². The molecule has 0 spiro atoms. The molecule has 0 aliphatic rings. The molecule has 1 amide bonds. The van der Waals surface area contributed by atoms with E-state index in [2.05, 4.69) is 46.4 Å². The largest absolute Gasteiger partial charge is 0.350 e. The number of nitrogens with one attached hydrogen (secondary N) is 2. The van der Waals surface area contributed by atoms with Crippen LogP contribution in [0.15, 0.2) is 29.7 Å². The second-order valence-corrected chi connectivity index (χ2v) is 7.83. The zero-order chi connectivity index (χ0) is 20.6. The molecule has 27 heavy (non-hydrogen) atoms. The molecule has 0 unspecified atom stereocenters. The fraction of sp³-hybridized carbons (Fsp3) is 0.500. The summed E-state index contributed by atoms with van der Waals surface area (Å²) in [6.45, 7) is 14.2. The van der Waals surface area contributed by atoms with Gasteiger partial charge >= 0.3 is 0 Å². The Morgan fingerprint density at radius 1 is 1.19 bits per heavy atom. The number of thioether (sulfide) groups is 1. The number of carbonyl (C=O) groups is 1. The van der Waals surface area contributed by atoms with Gasteiger partial charge in [-0.3, -0.25) is 9.78 Å². The maximum absolute atomic E-state index is 12.4. The summed E-state index contributed by atoms with van der Waals surface area (Å²) >= 11 is 1.43. The van der Waals surface area contributed by atoms with Crippen LogP contribution in [0.5, 0.6) is 0 Å². The highest BCUT2D eigenvalue weighted by molar-refractivity contribution is 7.98. The van der Waals surface area contributed by atoms with Gasteiger partial charge in [-0.15, -0.1) is 0 Å². The quantitative estimate of drug-likeness (QED) is 0.565. The second kappa shape index (κ2) is 10.3. The molecule has 0 aromatic carbocycles. The third kappa shape index (κ3) is 6.82. The summed E-state index contributed by atoms with van der Waals surface area (Å²) in [5.74, 6) is 0.291. The molecule has 0 saturated heterocycles. The summed E-state index contributed by atoms with van der Waals surface area (Å²) in [5, 5.41) is 6.73. The van der Waals surface area contributed by atoms with E-state index in [1.54, 1.807) is 12.4 Å². The minimum absolute atomic E-state index is 0.0361. The first-order valence-corrected chi connectivity index (χ1v) is 10.4. The maximum Gasteiger partial charge on any atom is 0.256 e. The second-order valence-electron chi connectivity index (χ2n) is 7.05.